The van der Waals surface area contributed by atoms with Gasteiger partial charge in [-0.15, -0.1) is 0 Å². The summed E-state index contributed by atoms with van der Waals surface area (Å²) in [6.07, 6.45) is 2.12. The van der Waals surface area contributed by atoms with Gasteiger partial charge < -0.3 is 9.87 Å². The molecule has 2 amide bonds. The molecule has 0 atom stereocenters. The number of rotatable bonds is 6. The van der Waals surface area contributed by atoms with Crippen molar-refractivity contribution in [3.8, 4) is 5.75 Å². The molecule has 2 aromatic rings. The topological polar surface area (TPSA) is 126 Å². The summed E-state index contributed by atoms with van der Waals surface area (Å²) in [5.74, 6) is -0.614. The molecule has 0 spiro atoms. The van der Waals surface area contributed by atoms with E-state index < -0.39 is 10.4 Å². The van der Waals surface area contributed by atoms with Crippen molar-refractivity contribution in [2.24, 2.45) is 0 Å². The Morgan fingerprint density at radius 3 is 2.50 bits per heavy atom. The lowest BCUT2D eigenvalue weighted by atomic mass is 10.1. The van der Waals surface area contributed by atoms with Gasteiger partial charge in [0.05, 0.1) is 0 Å². The van der Waals surface area contributed by atoms with Gasteiger partial charge in [0.2, 0.25) is 11.8 Å². The van der Waals surface area contributed by atoms with Crippen molar-refractivity contribution in [3.63, 3.8) is 0 Å². The summed E-state index contributed by atoms with van der Waals surface area (Å²) < 4.78 is 33.4. The van der Waals surface area contributed by atoms with Crippen molar-refractivity contribution in [2.75, 3.05) is 6.54 Å². The number of fused-ring (bicyclic) bond motifs is 1. The van der Waals surface area contributed by atoms with E-state index in [1.54, 1.807) is 12.3 Å². The fraction of sp³-hybridized carbons (Fsp3) is 0.286. The first kappa shape index (κ1) is 17.9. The predicted molar refractivity (Wildman–Crippen MR) is 83.3 cm³/mol. The van der Waals surface area contributed by atoms with Gasteiger partial charge in [-0.05, 0) is 34.5 Å². The van der Waals surface area contributed by atoms with Gasteiger partial charge in [0, 0.05) is 37.5 Å². The second kappa shape index (κ2) is 6.99. The number of hydrogen-bond donors (Lipinski definition) is 2. The zero-order valence-corrected chi connectivity index (χ0v) is 13.8. The molecule has 1 aromatic heterocycles. The Kier molecular flexibility index (Phi) is 5.22. The van der Waals surface area contributed by atoms with E-state index in [0.29, 0.717) is 11.8 Å². The monoisotopic (exact) mass is 356 g/mol. The van der Waals surface area contributed by atoms with Crippen LogP contribution < -0.4 is 4.89 Å². The minimum absolute atomic E-state index is 0.0657. The smallest absolute Gasteiger partial charge is 0.361 e. The SMILES string of the molecule is CC(=O)N(CCc1c[nH]c2ccc(OOS(=O)(=O)O)cc12)C(C)=O. The molecule has 0 fully saturated rings. The molecule has 24 heavy (non-hydrogen) atoms. The third kappa shape index (κ3) is 4.54. The minimum Gasteiger partial charge on any atom is -0.361 e. The number of hydrogen-bond acceptors (Lipinski definition) is 6. The molecule has 0 radical (unpaired) electrons. The molecule has 1 heterocycles. The van der Waals surface area contributed by atoms with Crippen LogP contribution in [0.1, 0.15) is 19.4 Å². The molecular formula is C14H16N2O7S. The fourth-order valence-electron chi connectivity index (χ4n) is 2.27. The van der Waals surface area contributed by atoms with Crippen molar-refractivity contribution < 1.29 is 31.8 Å². The van der Waals surface area contributed by atoms with Crippen molar-refractivity contribution in [1.82, 2.24) is 9.88 Å². The zero-order chi connectivity index (χ0) is 17.9. The molecule has 0 saturated heterocycles. The number of H-pyrrole nitrogens is 1. The largest absolute Gasteiger partial charge is 0.432 e. The summed E-state index contributed by atoms with van der Waals surface area (Å²) in [7, 11) is -4.72. The van der Waals surface area contributed by atoms with Crippen LogP contribution >= 0.6 is 0 Å². The number of aromatic amines is 1. The van der Waals surface area contributed by atoms with Crippen LogP contribution in [0.15, 0.2) is 24.4 Å². The van der Waals surface area contributed by atoms with E-state index in [0.717, 1.165) is 16.0 Å². The van der Waals surface area contributed by atoms with Crippen molar-refractivity contribution in [1.29, 1.82) is 0 Å². The highest BCUT2D eigenvalue weighted by Gasteiger charge is 2.15. The Hall–Kier alpha value is -2.43. The van der Waals surface area contributed by atoms with Gasteiger partial charge in [0.25, 0.3) is 0 Å². The average molecular weight is 356 g/mol. The van der Waals surface area contributed by atoms with Crippen LogP contribution in [-0.2, 0) is 30.7 Å². The maximum atomic E-state index is 11.4. The van der Waals surface area contributed by atoms with E-state index in [9.17, 15) is 18.0 Å². The van der Waals surface area contributed by atoms with Crippen LogP contribution in [0.3, 0.4) is 0 Å². The van der Waals surface area contributed by atoms with Crippen molar-refractivity contribution in [3.05, 3.63) is 30.0 Å². The van der Waals surface area contributed by atoms with E-state index in [1.807, 2.05) is 0 Å². The van der Waals surface area contributed by atoms with Crippen LogP contribution in [0, 0.1) is 0 Å². The summed E-state index contributed by atoms with van der Waals surface area (Å²) in [5, 5.41) is 0.707. The van der Waals surface area contributed by atoms with E-state index in [-0.39, 0.29) is 24.1 Å². The molecule has 0 aliphatic carbocycles. The third-order valence-corrected chi connectivity index (χ3v) is 3.56. The highest BCUT2D eigenvalue weighted by Crippen LogP contribution is 2.24. The van der Waals surface area contributed by atoms with Crippen LogP contribution in [0.4, 0.5) is 0 Å². The standard InChI is InChI=1S/C14H16N2O7S/c1-9(17)16(10(2)18)6-5-11-8-15-14-4-3-12(7-13(11)14)22-23-24(19,20)21/h3-4,7-8,15H,5-6H2,1-2H3,(H,19,20,21). The van der Waals surface area contributed by atoms with Gasteiger partial charge in [-0.2, -0.15) is 8.42 Å². The van der Waals surface area contributed by atoms with Gasteiger partial charge in [0.1, 0.15) is 0 Å². The molecule has 1 aromatic carbocycles. The first-order valence-corrected chi connectivity index (χ1v) is 8.26. The molecule has 0 aliphatic heterocycles. The van der Waals surface area contributed by atoms with Gasteiger partial charge in [-0.1, -0.05) is 0 Å². The van der Waals surface area contributed by atoms with Crippen molar-refractivity contribution >= 4 is 33.1 Å². The zero-order valence-electron chi connectivity index (χ0n) is 13.0. The maximum absolute atomic E-state index is 11.4. The number of amides is 2. The lowest BCUT2D eigenvalue weighted by molar-refractivity contribution is -0.142. The molecule has 2 rings (SSSR count). The molecule has 0 unspecified atom stereocenters. The highest BCUT2D eigenvalue weighted by atomic mass is 32.3. The summed E-state index contributed by atoms with van der Waals surface area (Å²) in [6.45, 7) is 2.84. The van der Waals surface area contributed by atoms with Crippen LogP contribution in [0.25, 0.3) is 10.9 Å². The summed E-state index contributed by atoms with van der Waals surface area (Å²) in [5.41, 5.74) is 1.55. The van der Waals surface area contributed by atoms with E-state index in [4.69, 9.17) is 4.55 Å². The molecule has 2 N–H and O–H groups in total. The molecule has 0 saturated carbocycles. The second-order valence-corrected chi connectivity index (χ2v) is 6.03. The molecule has 0 bridgehead atoms. The Labute approximate surface area is 138 Å². The third-order valence-electron chi connectivity index (χ3n) is 3.32. The number of carbonyl (C=O) groups excluding carboxylic acids is 2. The fourth-order valence-corrected chi connectivity index (χ4v) is 2.43. The summed E-state index contributed by atoms with van der Waals surface area (Å²) in [4.78, 5) is 31.5. The number of carbonyl (C=O) groups is 2. The number of aromatic nitrogens is 1. The van der Waals surface area contributed by atoms with Gasteiger partial charge in [-0.25, -0.2) is 0 Å². The molecular weight excluding hydrogens is 340 g/mol. The Balaban J connectivity index is 2.19. The lowest BCUT2D eigenvalue weighted by Gasteiger charge is -2.16. The molecule has 130 valence electrons. The van der Waals surface area contributed by atoms with Crippen LogP contribution in [-0.4, -0.2) is 41.2 Å². The quantitative estimate of drug-likeness (QED) is 0.453. The lowest BCUT2D eigenvalue weighted by Crippen LogP contribution is -2.34. The van der Waals surface area contributed by atoms with E-state index in [2.05, 4.69) is 14.2 Å². The van der Waals surface area contributed by atoms with Gasteiger partial charge in [0.15, 0.2) is 5.75 Å². The summed E-state index contributed by atoms with van der Waals surface area (Å²) in [6, 6.07) is 4.60. The second-order valence-electron chi connectivity index (χ2n) is 5.04. The Morgan fingerprint density at radius 2 is 1.92 bits per heavy atom. The minimum atomic E-state index is -4.72. The van der Waals surface area contributed by atoms with Crippen LogP contribution in [0.5, 0.6) is 5.75 Å². The Morgan fingerprint density at radius 1 is 1.25 bits per heavy atom. The summed E-state index contributed by atoms with van der Waals surface area (Å²) >= 11 is 0. The first-order chi connectivity index (χ1) is 11.2. The van der Waals surface area contributed by atoms with Gasteiger partial charge in [-0.3, -0.25) is 19.0 Å². The number of nitrogens with zero attached hydrogens (tertiary/aromatic N) is 1. The highest BCUT2D eigenvalue weighted by molar-refractivity contribution is 7.80. The van der Waals surface area contributed by atoms with E-state index >= 15 is 0 Å². The first-order valence-electron chi connectivity index (χ1n) is 6.89. The van der Waals surface area contributed by atoms with Crippen molar-refractivity contribution in [2.45, 2.75) is 20.3 Å². The Bertz CT molecular complexity index is 858. The average Bonchev–Trinajstić information content (AvgIpc) is 2.86. The van der Waals surface area contributed by atoms with Crippen LogP contribution in [0.2, 0.25) is 0 Å². The molecule has 0 aliphatic rings. The number of nitrogens with one attached hydrogen (secondary N) is 1. The predicted octanol–water partition coefficient (Wildman–Crippen LogP) is 1.22. The van der Waals surface area contributed by atoms with E-state index in [1.165, 1.54) is 26.0 Å². The number of imide groups is 1. The van der Waals surface area contributed by atoms with Gasteiger partial charge >= 0.3 is 10.4 Å². The molecule has 9 nitrogen and oxygen atoms in total. The number of benzene rings is 1. The molecule has 10 heteroatoms. The normalized spacial score (nSPS) is 11.5. The maximum Gasteiger partial charge on any atom is 0.432 e.